The molecule has 0 aromatic heterocycles. The maximum atomic E-state index is 5.36. The summed E-state index contributed by atoms with van der Waals surface area (Å²) >= 11 is 0. The molecule has 2 aromatic carbocycles. The van der Waals surface area contributed by atoms with E-state index in [0.29, 0.717) is 0 Å². The molecule has 3 rings (SSSR count). The van der Waals surface area contributed by atoms with Crippen LogP contribution in [0.5, 0.6) is 0 Å². The molecule has 1 N–H and O–H groups in total. The molecule has 0 fully saturated rings. The van der Waals surface area contributed by atoms with Crippen molar-refractivity contribution in [2.24, 2.45) is 0 Å². The van der Waals surface area contributed by atoms with Crippen molar-refractivity contribution >= 4 is 0 Å². The molecule has 0 saturated carbocycles. The van der Waals surface area contributed by atoms with Gasteiger partial charge in [-0.25, -0.2) is 0 Å². The van der Waals surface area contributed by atoms with Crippen LogP contribution in [0.2, 0.25) is 0 Å². The highest BCUT2D eigenvalue weighted by atomic mass is 16.7. The summed E-state index contributed by atoms with van der Waals surface area (Å²) in [5, 5.41) is 3.64. The summed E-state index contributed by atoms with van der Waals surface area (Å²) in [5.74, 6) is 0. The van der Waals surface area contributed by atoms with Crippen molar-refractivity contribution in [1.82, 2.24) is 5.32 Å². The number of methoxy groups -OCH3 is 2. The minimum Gasteiger partial charge on any atom is -0.354 e. The van der Waals surface area contributed by atoms with Gasteiger partial charge in [-0.2, -0.15) is 0 Å². The van der Waals surface area contributed by atoms with E-state index in [1.165, 1.54) is 22.3 Å². The van der Waals surface area contributed by atoms with Gasteiger partial charge >= 0.3 is 0 Å². The van der Waals surface area contributed by atoms with Crippen molar-refractivity contribution in [2.45, 2.75) is 25.3 Å². The third kappa shape index (κ3) is 2.48. The van der Waals surface area contributed by atoms with Gasteiger partial charge in [0.25, 0.3) is 0 Å². The zero-order valence-electron chi connectivity index (χ0n) is 12.7. The summed E-state index contributed by atoms with van der Waals surface area (Å²) in [4.78, 5) is 0. The van der Waals surface area contributed by atoms with E-state index in [1.54, 1.807) is 14.2 Å². The number of ether oxygens (including phenoxy) is 2. The van der Waals surface area contributed by atoms with Crippen LogP contribution in [0.15, 0.2) is 48.5 Å². The summed E-state index contributed by atoms with van der Waals surface area (Å²) in [6.45, 7) is 2.08. The molecular formula is C18H21NO2. The molecule has 110 valence electrons. The van der Waals surface area contributed by atoms with Crippen molar-refractivity contribution in [3.63, 3.8) is 0 Å². The van der Waals surface area contributed by atoms with Gasteiger partial charge in [-0.05, 0) is 29.2 Å². The van der Waals surface area contributed by atoms with Gasteiger partial charge in [-0.1, -0.05) is 48.5 Å². The highest BCUT2D eigenvalue weighted by Crippen LogP contribution is 2.43. The van der Waals surface area contributed by atoms with Gasteiger partial charge in [0.1, 0.15) is 0 Å². The lowest BCUT2D eigenvalue weighted by atomic mass is 10.0. The Labute approximate surface area is 125 Å². The number of nitrogens with one attached hydrogen (secondary N) is 1. The quantitative estimate of drug-likeness (QED) is 0.854. The lowest BCUT2D eigenvalue weighted by Gasteiger charge is -2.26. The Balaban J connectivity index is 1.95. The minimum atomic E-state index is -0.259. The lowest BCUT2D eigenvalue weighted by Crippen LogP contribution is -2.41. The lowest BCUT2D eigenvalue weighted by molar-refractivity contribution is -0.120. The topological polar surface area (TPSA) is 30.5 Å². The van der Waals surface area contributed by atoms with E-state index in [2.05, 4.69) is 60.8 Å². The van der Waals surface area contributed by atoms with Gasteiger partial charge in [0.05, 0.1) is 12.1 Å². The normalized spacial score (nSPS) is 15.0. The monoisotopic (exact) mass is 283 g/mol. The minimum absolute atomic E-state index is 0.0872. The Kier molecular flexibility index (Phi) is 4.06. The van der Waals surface area contributed by atoms with E-state index in [9.17, 15) is 0 Å². The molecule has 3 heteroatoms. The van der Waals surface area contributed by atoms with Crippen molar-refractivity contribution in [1.29, 1.82) is 0 Å². The smallest absolute Gasteiger partial charge is 0.171 e. The Hall–Kier alpha value is -1.68. The maximum absolute atomic E-state index is 5.36. The average Bonchev–Trinajstić information content (AvgIpc) is 2.84. The molecule has 0 heterocycles. The average molecular weight is 283 g/mol. The van der Waals surface area contributed by atoms with E-state index in [-0.39, 0.29) is 18.4 Å². The molecule has 1 atom stereocenters. The highest BCUT2D eigenvalue weighted by Gasteiger charge is 2.30. The molecule has 0 radical (unpaired) electrons. The number of fused-ring (bicyclic) bond motifs is 3. The second kappa shape index (κ2) is 5.98. The van der Waals surface area contributed by atoms with Gasteiger partial charge < -0.3 is 9.47 Å². The molecule has 0 saturated heterocycles. The molecule has 0 amide bonds. The highest BCUT2D eigenvalue weighted by molar-refractivity contribution is 5.78. The third-order valence-electron chi connectivity index (χ3n) is 4.14. The summed E-state index contributed by atoms with van der Waals surface area (Å²) in [5.41, 5.74) is 5.25. The molecule has 0 aliphatic heterocycles. The Morgan fingerprint density at radius 3 is 1.81 bits per heavy atom. The second-order valence-electron chi connectivity index (χ2n) is 5.40. The molecule has 1 unspecified atom stereocenters. The van der Waals surface area contributed by atoms with Crippen LogP contribution in [0.3, 0.4) is 0 Å². The van der Waals surface area contributed by atoms with E-state index < -0.39 is 0 Å². The molecular weight excluding hydrogens is 262 g/mol. The Morgan fingerprint density at radius 1 is 0.857 bits per heavy atom. The number of hydrogen-bond acceptors (Lipinski definition) is 3. The summed E-state index contributed by atoms with van der Waals surface area (Å²) < 4.78 is 10.7. The molecule has 2 aromatic rings. The van der Waals surface area contributed by atoms with E-state index in [4.69, 9.17) is 9.47 Å². The zero-order chi connectivity index (χ0) is 14.8. The summed E-state index contributed by atoms with van der Waals surface area (Å²) in [6.07, 6.45) is -0.259. The van der Waals surface area contributed by atoms with E-state index in [0.717, 1.165) is 0 Å². The van der Waals surface area contributed by atoms with Crippen molar-refractivity contribution < 1.29 is 9.47 Å². The van der Waals surface area contributed by atoms with Crippen molar-refractivity contribution in [2.75, 3.05) is 14.2 Å². The molecule has 1 aliphatic rings. The Morgan fingerprint density at radius 2 is 1.33 bits per heavy atom. The molecule has 0 spiro atoms. The molecule has 1 aliphatic carbocycles. The Bertz CT molecular complexity index is 577. The standard InChI is InChI=1S/C18H21NO2/c1-12(18(20-2)21-3)19-17-15-10-6-4-8-13(15)14-9-5-7-11-16(14)17/h4-12,17-19H,1-3H3. The second-order valence-corrected chi connectivity index (χ2v) is 5.40. The van der Waals surface area contributed by atoms with Crippen LogP contribution in [0.25, 0.3) is 11.1 Å². The van der Waals surface area contributed by atoms with E-state index in [1.807, 2.05) is 0 Å². The first kappa shape index (κ1) is 14.3. The summed E-state index contributed by atoms with van der Waals surface area (Å²) in [7, 11) is 3.34. The molecule has 3 nitrogen and oxygen atoms in total. The van der Waals surface area contributed by atoms with E-state index >= 15 is 0 Å². The molecule has 21 heavy (non-hydrogen) atoms. The van der Waals surface area contributed by atoms with Crippen LogP contribution >= 0.6 is 0 Å². The maximum Gasteiger partial charge on any atom is 0.171 e. The van der Waals surface area contributed by atoms with Crippen molar-refractivity contribution in [3.05, 3.63) is 59.7 Å². The van der Waals surface area contributed by atoms with Gasteiger partial charge in [-0.15, -0.1) is 0 Å². The van der Waals surface area contributed by atoms with Gasteiger partial charge in [0.15, 0.2) is 6.29 Å². The van der Waals surface area contributed by atoms with Gasteiger partial charge in [-0.3, -0.25) is 5.32 Å². The number of benzene rings is 2. The van der Waals surface area contributed by atoms with Gasteiger partial charge in [0.2, 0.25) is 0 Å². The van der Waals surface area contributed by atoms with Crippen LogP contribution in [-0.2, 0) is 9.47 Å². The first-order chi connectivity index (χ1) is 10.3. The number of rotatable bonds is 5. The van der Waals surface area contributed by atoms with Crippen LogP contribution in [0.1, 0.15) is 24.1 Å². The first-order valence-corrected chi connectivity index (χ1v) is 7.26. The fourth-order valence-corrected chi connectivity index (χ4v) is 3.18. The third-order valence-corrected chi connectivity index (χ3v) is 4.14. The van der Waals surface area contributed by atoms with Crippen LogP contribution in [0, 0.1) is 0 Å². The fraction of sp³-hybridized carbons (Fsp3) is 0.333. The SMILES string of the molecule is COC(OC)C(C)NC1c2ccccc2-c2ccccc21. The predicted octanol–water partition coefficient (Wildman–Crippen LogP) is 3.35. The molecule has 0 bridgehead atoms. The van der Waals surface area contributed by atoms with Crippen LogP contribution in [-0.4, -0.2) is 26.6 Å². The first-order valence-electron chi connectivity index (χ1n) is 7.26. The summed E-state index contributed by atoms with van der Waals surface area (Å²) in [6, 6.07) is 17.4. The number of hydrogen-bond donors (Lipinski definition) is 1. The fourth-order valence-electron chi connectivity index (χ4n) is 3.18. The van der Waals surface area contributed by atoms with Gasteiger partial charge in [0, 0.05) is 14.2 Å². The largest absolute Gasteiger partial charge is 0.354 e. The van der Waals surface area contributed by atoms with Crippen molar-refractivity contribution in [3.8, 4) is 11.1 Å². The van der Waals surface area contributed by atoms with Crippen LogP contribution in [0.4, 0.5) is 0 Å². The zero-order valence-corrected chi connectivity index (χ0v) is 12.7. The predicted molar refractivity (Wildman–Crippen MR) is 84.1 cm³/mol. The van der Waals surface area contributed by atoms with Crippen LogP contribution < -0.4 is 5.32 Å².